The Morgan fingerprint density at radius 3 is 2.50 bits per heavy atom. The Morgan fingerprint density at radius 1 is 1.28 bits per heavy atom. The molecule has 0 fully saturated rings. The summed E-state index contributed by atoms with van der Waals surface area (Å²) in [7, 11) is 0. The number of hydrogen-bond donors (Lipinski definition) is 1. The lowest BCUT2D eigenvalue weighted by Gasteiger charge is -2.18. The molecular formula is C16H25NS. The van der Waals surface area contributed by atoms with Crippen molar-refractivity contribution in [3.63, 3.8) is 0 Å². The van der Waals surface area contributed by atoms with Gasteiger partial charge in [-0.15, -0.1) is 11.8 Å². The first kappa shape index (κ1) is 15.3. The van der Waals surface area contributed by atoms with Crippen molar-refractivity contribution >= 4 is 11.8 Å². The van der Waals surface area contributed by atoms with Crippen LogP contribution in [-0.4, -0.2) is 18.3 Å². The van der Waals surface area contributed by atoms with Gasteiger partial charge in [0.1, 0.15) is 0 Å². The molecule has 0 saturated heterocycles. The third-order valence-electron chi connectivity index (χ3n) is 3.00. The fourth-order valence-corrected chi connectivity index (χ4v) is 2.76. The average Bonchev–Trinajstić information content (AvgIpc) is 2.38. The van der Waals surface area contributed by atoms with Crippen molar-refractivity contribution in [2.24, 2.45) is 0 Å². The van der Waals surface area contributed by atoms with Crippen molar-refractivity contribution in [3.05, 3.63) is 42.0 Å². The summed E-state index contributed by atoms with van der Waals surface area (Å²) in [4.78, 5) is 1.35. The maximum absolute atomic E-state index is 4.11. The second-order valence-corrected chi connectivity index (χ2v) is 5.78. The van der Waals surface area contributed by atoms with Crippen LogP contribution < -0.4 is 5.32 Å². The van der Waals surface area contributed by atoms with Crippen LogP contribution in [0.1, 0.15) is 32.3 Å². The van der Waals surface area contributed by atoms with Gasteiger partial charge in [0, 0.05) is 16.7 Å². The van der Waals surface area contributed by atoms with Crippen molar-refractivity contribution in [3.8, 4) is 0 Å². The molecule has 1 unspecified atom stereocenters. The van der Waals surface area contributed by atoms with E-state index in [0.717, 1.165) is 25.1 Å². The van der Waals surface area contributed by atoms with Gasteiger partial charge in [-0.1, -0.05) is 43.7 Å². The Kier molecular flexibility index (Phi) is 7.14. The first-order valence-electron chi connectivity index (χ1n) is 6.75. The first-order chi connectivity index (χ1) is 8.65. The summed E-state index contributed by atoms with van der Waals surface area (Å²) < 4.78 is 0. The van der Waals surface area contributed by atoms with Gasteiger partial charge in [-0.2, -0.15) is 0 Å². The molecule has 0 radical (unpaired) electrons. The molecule has 0 spiro atoms. The molecule has 1 aromatic carbocycles. The lowest BCUT2D eigenvalue weighted by molar-refractivity contribution is 0.565. The highest BCUT2D eigenvalue weighted by atomic mass is 32.2. The maximum atomic E-state index is 4.11. The fourth-order valence-electron chi connectivity index (χ4n) is 1.80. The Bertz CT molecular complexity index is 356. The van der Waals surface area contributed by atoms with Gasteiger partial charge in [-0.25, -0.2) is 0 Å². The highest BCUT2D eigenvalue weighted by Crippen LogP contribution is 2.21. The van der Waals surface area contributed by atoms with E-state index in [1.165, 1.54) is 16.0 Å². The van der Waals surface area contributed by atoms with Gasteiger partial charge in [0.05, 0.1) is 0 Å². The van der Waals surface area contributed by atoms with Gasteiger partial charge in [0.15, 0.2) is 0 Å². The molecule has 18 heavy (non-hydrogen) atoms. The number of hydrogen-bond acceptors (Lipinski definition) is 2. The van der Waals surface area contributed by atoms with E-state index >= 15 is 0 Å². The van der Waals surface area contributed by atoms with Gasteiger partial charge in [0.2, 0.25) is 0 Å². The SMILES string of the molecule is C=C(CC)CC(CSc1ccc(C)cc1)NCC. The van der Waals surface area contributed by atoms with E-state index in [4.69, 9.17) is 0 Å². The van der Waals surface area contributed by atoms with Crippen LogP contribution >= 0.6 is 11.8 Å². The van der Waals surface area contributed by atoms with E-state index in [1.807, 2.05) is 11.8 Å². The third kappa shape index (κ3) is 5.74. The molecular weight excluding hydrogens is 238 g/mol. The summed E-state index contributed by atoms with van der Waals surface area (Å²) in [6.07, 6.45) is 2.17. The molecule has 0 aromatic heterocycles. The minimum absolute atomic E-state index is 0.536. The molecule has 0 heterocycles. The molecule has 1 nitrogen and oxygen atoms in total. The van der Waals surface area contributed by atoms with Crippen LogP contribution in [-0.2, 0) is 0 Å². The van der Waals surface area contributed by atoms with Crippen LogP contribution in [0.15, 0.2) is 41.3 Å². The Balaban J connectivity index is 2.45. The molecule has 100 valence electrons. The monoisotopic (exact) mass is 263 g/mol. The second-order valence-electron chi connectivity index (χ2n) is 4.69. The smallest absolute Gasteiger partial charge is 0.0198 e. The summed E-state index contributed by atoms with van der Waals surface area (Å²) >= 11 is 1.93. The molecule has 1 rings (SSSR count). The number of nitrogens with one attached hydrogen (secondary N) is 1. The van der Waals surface area contributed by atoms with Gasteiger partial charge in [-0.3, -0.25) is 0 Å². The normalized spacial score (nSPS) is 12.4. The summed E-state index contributed by atoms with van der Waals surface area (Å²) in [6.45, 7) is 11.6. The lowest BCUT2D eigenvalue weighted by atomic mass is 10.1. The third-order valence-corrected chi connectivity index (χ3v) is 4.17. The van der Waals surface area contributed by atoms with E-state index in [-0.39, 0.29) is 0 Å². The zero-order valence-electron chi connectivity index (χ0n) is 11.8. The summed E-state index contributed by atoms with van der Waals surface area (Å²) in [6, 6.07) is 9.30. The number of rotatable bonds is 8. The zero-order valence-corrected chi connectivity index (χ0v) is 12.6. The van der Waals surface area contributed by atoms with Crippen molar-refractivity contribution in [2.75, 3.05) is 12.3 Å². The molecule has 0 bridgehead atoms. The molecule has 0 saturated carbocycles. The van der Waals surface area contributed by atoms with E-state index in [9.17, 15) is 0 Å². The van der Waals surface area contributed by atoms with Crippen molar-refractivity contribution in [2.45, 2.75) is 44.6 Å². The molecule has 1 atom stereocenters. The van der Waals surface area contributed by atoms with Crippen LogP contribution in [0.2, 0.25) is 0 Å². The molecule has 2 heteroatoms. The van der Waals surface area contributed by atoms with E-state index < -0.39 is 0 Å². The summed E-state index contributed by atoms with van der Waals surface area (Å²) in [5, 5.41) is 3.55. The molecule has 1 aromatic rings. The highest BCUT2D eigenvalue weighted by Gasteiger charge is 2.09. The molecule has 0 amide bonds. The molecule has 0 aliphatic heterocycles. The van der Waals surface area contributed by atoms with Crippen LogP contribution in [0.3, 0.4) is 0 Å². The minimum Gasteiger partial charge on any atom is -0.313 e. The Morgan fingerprint density at radius 2 is 1.94 bits per heavy atom. The predicted molar refractivity (Wildman–Crippen MR) is 83.4 cm³/mol. The molecule has 1 N–H and O–H groups in total. The van der Waals surface area contributed by atoms with Crippen LogP contribution in [0.5, 0.6) is 0 Å². The highest BCUT2D eigenvalue weighted by molar-refractivity contribution is 7.99. The number of thioether (sulfide) groups is 1. The van der Waals surface area contributed by atoms with E-state index in [2.05, 4.69) is 56.9 Å². The average molecular weight is 263 g/mol. The summed E-state index contributed by atoms with van der Waals surface area (Å²) in [5.74, 6) is 1.11. The predicted octanol–water partition coefficient (Wildman–Crippen LogP) is 4.42. The van der Waals surface area contributed by atoms with E-state index in [1.54, 1.807) is 0 Å². The lowest BCUT2D eigenvalue weighted by Crippen LogP contribution is -2.31. The topological polar surface area (TPSA) is 12.0 Å². The van der Waals surface area contributed by atoms with Gasteiger partial charge >= 0.3 is 0 Å². The van der Waals surface area contributed by atoms with Crippen LogP contribution in [0, 0.1) is 6.92 Å². The number of aryl methyl sites for hydroxylation is 1. The van der Waals surface area contributed by atoms with Crippen molar-refractivity contribution in [1.29, 1.82) is 0 Å². The van der Waals surface area contributed by atoms with Crippen molar-refractivity contribution in [1.82, 2.24) is 5.32 Å². The molecule has 0 aliphatic carbocycles. The van der Waals surface area contributed by atoms with Crippen molar-refractivity contribution < 1.29 is 0 Å². The maximum Gasteiger partial charge on any atom is 0.0198 e. The Labute approximate surface area is 116 Å². The summed E-state index contributed by atoms with van der Waals surface area (Å²) in [5.41, 5.74) is 2.66. The minimum atomic E-state index is 0.536. The first-order valence-corrected chi connectivity index (χ1v) is 7.73. The number of benzene rings is 1. The van der Waals surface area contributed by atoms with Gasteiger partial charge in [0.25, 0.3) is 0 Å². The van der Waals surface area contributed by atoms with E-state index in [0.29, 0.717) is 6.04 Å². The van der Waals surface area contributed by atoms with Crippen LogP contribution in [0.25, 0.3) is 0 Å². The fraction of sp³-hybridized carbons (Fsp3) is 0.500. The second kappa shape index (κ2) is 8.39. The molecule has 0 aliphatic rings. The quantitative estimate of drug-likeness (QED) is 0.550. The standard InChI is InChI=1S/C16H25NS/c1-5-13(3)11-15(17-6-2)12-18-16-9-7-14(4)8-10-16/h7-10,15,17H,3,5-6,11-12H2,1-2,4H3. The Hall–Kier alpha value is -0.730. The van der Waals surface area contributed by atoms with Gasteiger partial charge in [-0.05, 0) is 38.4 Å². The zero-order chi connectivity index (χ0) is 13.4. The van der Waals surface area contributed by atoms with Crippen LogP contribution in [0.4, 0.5) is 0 Å². The largest absolute Gasteiger partial charge is 0.313 e. The van der Waals surface area contributed by atoms with Gasteiger partial charge < -0.3 is 5.32 Å².